The van der Waals surface area contributed by atoms with E-state index in [-0.39, 0.29) is 11.3 Å². The van der Waals surface area contributed by atoms with Crippen LogP contribution in [0.2, 0.25) is 5.15 Å². The minimum Gasteiger partial charge on any atom is -0.484 e. The molecule has 0 amide bonds. The lowest BCUT2D eigenvalue weighted by atomic mass is 10.1. The summed E-state index contributed by atoms with van der Waals surface area (Å²) < 4.78 is 11.5. The van der Waals surface area contributed by atoms with Crippen LogP contribution in [-0.4, -0.2) is 20.2 Å². The second-order valence-electron chi connectivity index (χ2n) is 6.27. The summed E-state index contributed by atoms with van der Waals surface area (Å²) in [5, 5.41) is 17.5. The number of rotatable bonds is 3. The predicted octanol–water partition coefficient (Wildman–Crippen LogP) is 4.20. The van der Waals surface area contributed by atoms with Crippen LogP contribution in [-0.2, 0) is 6.42 Å². The molecule has 0 spiro atoms. The first-order chi connectivity index (χ1) is 13.2. The van der Waals surface area contributed by atoms with Crippen LogP contribution >= 0.6 is 11.6 Å². The van der Waals surface area contributed by atoms with Gasteiger partial charge in [0.2, 0.25) is 0 Å². The van der Waals surface area contributed by atoms with Gasteiger partial charge in [-0.1, -0.05) is 11.6 Å². The molecule has 0 saturated carbocycles. The molecule has 7 nitrogen and oxygen atoms in total. The van der Waals surface area contributed by atoms with Crippen molar-refractivity contribution in [1.82, 2.24) is 20.2 Å². The average Bonchev–Trinajstić information content (AvgIpc) is 3.41. The summed E-state index contributed by atoms with van der Waals surface area (Å²) in [7, 11) is 0. The highest BCUT2D eigenvalue weighted by molar-refractivity contribution is 6.30. The summed E-state index contributed by atoms with van der Waals surface area (Å²) in [4.78, 5) is 8.33. The summed E-state index contributed by atoms with van der Waals surface area (Å²) in [5.41, 5.74) is 3.75. The van der Waals surface area contributed by atoms with E-state index in [1.165, 1.54) is 6.39 Å². The summed E-state index contributed by atoms with van der Waals surface area (Å²) in [5.74, 6) is 1.28. The van der Waals surface area contributed by atoms with Crippen LogP contribution in [0, 0.1) is 11.3 Å². The van der Waals surface area contributed by atoms with Gasteiger partial charge < -0.3 is 9.15 Å². The first kappa shape index (κ1) is 15.9. The number of fused-ring (bicyclic) bond motifs is 2. The number of nitrogens with one attached hydrogen (secondary N) is 1. The van der Waals surface area contributed by atoms with Crippen molar-refractivity contribution < 1.29 is 9.15 Å². The van der Waals surface area contributed by atoms with Crippen molar-refractivity contribution >= 4 is 22.5 Å². The fourth-order valence-electron chi connectivity index (χ4n) is 3.39. The van der Waals surface area contributed by atoms with Crippen LogP contribution in [0.15, 0.2) is 41.3 Å². The molecular weight excluding hydrogens is 366 g/mol. The number of hydrogen-bond acceptors (Lipinski definition) is 6. The molecule has 4 aromatic rings. The molecular formula is C19H12ClN5O2. The number of benzene rings is 1. The van der Waals surface area contributed by atoms with Gasteiger partial charge in [-0.2, -0.15) is 10.4 Å². The van der Waals surface area contributed by atoms with Crippen LogP contribution in [0.5, 0.6) is 5.75 Å². The highest BCUT2D eigenvalue weighted by Gasteiger charge is 2.27. The van der Waals surface area contributed by atoms with E-state index in [0.29, 0.717) is 22.8 Å². The van der Waals surface area contributed by atoms with Crippen molar-refractivity contribution in [2.75, 3.05) is 0 Å². The molecule has 8 heteroatoms. The molecule has 5 rings (SSSR count). The number of ether oxygens (including phenoxy) is 1. The van der Waals surface area contributed by atoms with Gasteiger partial charge in [-0.3, -0.25) is 5.10 Å². The molecule has 1 unspecified atom stereocenters. The monoisotopic (exact) mass is 377 g/mol. The van der Waals surface area contributed by atoms with Crippen molar-refractivity contribution in [3.63, 3.8) is 0 Å². The van der Waals surface area contributed by atoms with E-state index in [0.717, 1.165) is 35.0 Å². The molecule has 1 aliphatic carbocycles. The molecule has 0 aliphatic heterocycles. The highest BCUT2D eigenvalue weighted by Crippen LogP contribution is 2.37. The lowest BCUT2D eigenvalue weighted by Crippen LogP contribution is -2.06. The number of aromatic amines is 1. The van der Waals surface area contributed by atoms with Gasteiger partial charge in [0.1, 0.15) is 28.8 Å². The molecule has 3 aromatic heterocycles. The molecule has 132 valence electrons. The van der Waals surface area contributed by atoms with Gasteiger partial charge in [-0.05, 0) is 42.7 Å². The lowest BCUT2D eigenvalue weighted by Gasteiger charge is -2.14. The number of pyridine rings is 1. The summed E-state index contributed by atoms with van der Waals surface area (Å²) in [6.45, 7) is 0. The van der Waals surface area contributed by atoms with Crippen LogP contribution in [0.25, 0.3) is 22.4 Å². The molecule has 27 heavy (non-hydrogen) atoms. The first-order valence-electron chi connectivity index (χ1n) is 8.36. The smallest absolute Gasteiger partial charge is 0.181 e. The summed E-state index contributed by atoms with van der Waals surface area (Å²) in [6.07, 6.45) is 4.37. The number of halogens is 1. The quantitative estimate of drug-likeness (QED) is 0.537. The van der Waals surface area contributed by atoms with Crippen molar-refractivity contribution in [3.05, 3.63) is 58.8 Å². The van der Waals surface area contributed by atoms with Gasteiger partial charge in [-0.15, -0.1) is 0 Å². The Kier molecular flexibility index (Phi) is 3.59. The average molecular weight is 378 g/mol. The van der Waals surface area contributed by atoms with Gasteiger partial charge in [0.25, 0.3) is 0 Å². The third kappa shape index (κ3) is 2.62. The fourth-order valence-corrected chi connectivity index (χ4v) is 3.58. The molecule has 1 atom stereocenters. The molecule has 0 saturated heterocycles. The van der Waals surface area contributed by atoms with Crippen LogP contribution < -0.4 is 4.74 Å². The van der Waals surface area contributed by atoms with E-state index in [2.05, 4.69) is 26.2 Å². The Morgan fingerprint density at radius 1 is 1.33 bits per heavy atom. The van der Waals surface area contributed by atoms with Gasteiger partial charge in [-0.25, -0.2) is 9.97 Å². The van der Waals surface area contributed by atoms with E-state index in [9.17, 15) is 0 Å². The third-order valence-electron chi connectivity index (χ3n) is 4.67. The maximum Gasteiger partial charge on any atom is 0.181 e. The second-order valence-corrected chi connectivity index (χ2v) is 6.63. The van der Waals surface area contributed by atoms with E-state index in [4.69, 9.17) is 26.0 Å². The first-order valence-corrected chi connectivity index (χ1v) is 8.74. The predicted molar refractivity (Wildman–Crippen MR) is 97.2 cm³/mol. The maximum absolute atomic E-state index is 9.11. The number of hydrogen-bond donors (Lipinski definition) is 1. The SMILES string of the molecule is N#Cc1cc2c(nc1Cl)C(Oc1ccc3[nH]nc(-c4cnco4)c3c1)CC2. The van der Waals surface area contributed by atoms with Crippen molar-refractivity contribution in [2.45, 2.75) is 18.9 Å². The zero-order valence-electron chi connectivity index (χ0n) is 13.9. The Hall–Kier alpha value is -3.37. The Bertz CT molecular complexity index is 1190. The van der Waals surface area contributed by atoms with Crippen LogP contribution in [0.3, 0.4) is 0 Å². The lowest BCUT2D eigenvalue weighted by molar-refractivity contribution is 0.203. The molecule has 0 bridgehead atoms. The topological polar surface area (TPSA) is 101 Å². The highest BCUT2D eigenvalue weighted by atomic mass is 35.5. The minimum atomic E-state index is -0.205. The van der Waals surface area contributed by atoms with Crippen LogP contribution in [0.1, 0.15) is 29.3 Å². The standard InChI is InChI=1S/C19H12ClN5O2/c20-19-11(7-21)5-10-1-4-15(17(10)23-19)27-12-2-3-14-13(6-12)18(25-24-14)16-8-22-9-26-16/h2-3,5-6,8-9,15H,1,4H2,(H,24,25). The molecule has 3 heterocycles. The van der Waals surface area contributed by atoms with E-state index in [1.807, 2.05) is 18.2 Å². The van der Waals surface area contributed by atoms with Crippen molar-refractivity contribution in [2.24, 2.45) is 0 Å². The second kappa shape index (κ2) is 6.11. The van der Waals surface area contributed by atoms with E-state index < -0.39 is 0 Å². The van der Waals surface area contributed by atoms with Gasteiger partial charge >= 0.3 is 0 Å². The Morgan fingerprint density at radius 2 is 2.26 bits per heavy atom. The minimum absolute atomic E-state index is 0.205. The van der Waals surface area contributed by atoms with Gasteiger partial charge in [0.05, 0.1) is 23.0 Å². The Balaban J connectivity index is 1.49. The van der Waals surface area contributed by atoms with E-state index >= 15 is 0 Å². The summed E-state index contributed by atoms with van der Waals surface area (Å²) >= 11 is 6.10. The van der Waals surface area contributed by atoms with Crippen molar-refractivity contribution in [3.8, 4) is 23.3 Å². The van der Waals surface area contributed by atoms with E-state index in [1.54, 1.807) is 12.3 Å². The molecule has 0 radical (unpaired) electrons. The summed E-state index contributed by atoms with van der Waals surface area (Å²) in [6, 6.07) is 9.58. The van der Waals surface area contributed by atoms with Gasteiger partial charge in [0.15, 0.2) is 12.2 Å². The van der Waals surface area contributed by atoms with Crippen LogP contribution in [0.4, 0.5) is 0 Å². The Labute approximate surface area is 158 Å². The van der Waals surface area contributed by atoms with Crippen molar-refractivity contribution in [1.29, 1.82) is 5.26 Å². The normalized spacial score (nSPS) is 15.6. The zero-order valence-corrected chi connectivity index (χ0v) is 14.7. The number of aryl methyl sites for hydroxylation is 1. The number of aromatic nitrogens is 4. The molecule has 1 N–H and O–H groups in total. The molecule has 0 fully saturated rings. The Morgan fingerprint density at radius 3 is 3.07 bits per heavy atom. The third-order valence-corrected chi connectivity index (χ3v) is 4.96. The largest absolute Gasteiger partial charge is 0.484 e. The molecule has 1 aromatic carbocycles. The number of nitrogens with zero attached hydrogens (tertiary/aromatic N) is 4. The number of H-pyrrole nitrogens is 1. The molecule has 1 aliphatic rings. The number of nitriles is 1. The number of oxazole rings is 1. The maximum atomic E-state index is 9.11. The van der Waals surface area contributed by atoms with Gasteiger partial charge in [0, 0.05) is 5.39 Å². The zero-order chi connectivity index (χ0) is 18.4. The fraction of sp³-hybridized carbons (Fsp3) is 0.158.